The Labute approximate surface area is 498 Å². The number of hydrogen-bond acceptors (Lipinski definition) is 15. The lowest BCUT2D eigenvalue weighted by molar-refractivity contribution is -0.161. The third kappa shape index (κ3) is 55.9. The minimum Gasteiger partial charge on any atom is -0.462 e. The molecule has 0 saturated carbocycles. The molecular formula is C63H122O17P2. The maximum Gasteiger partial charge on any atom is 0.472 e. The summed E-state index contributed by atoms with van der Waals surface area (Å²) in [4.78, 5) is 72.1. The van der Waals surface area contributed by atoms with Crippen LogP contribution in [-0.4, -0.2) is 96.7 Å². The van der Waals surface area contributed by atoms with Gasteiger partial charge in [0.25, 0.3) is 0 Å². The standard InChI is InChI=1S/C63H122O17P2/c1-8-10-11-12-13-14-17-22-30-37-44-60(65)73-51-59(80-63(68)47-40-33-26-25-29-36-43-56(7)9-2)53-78-82(71,72)76-49-57(64)48-75-81(69,70)77-52-58(50-74-61(66)45-38-31-24-19-21-28-35-42-55(5)6)79-62(67)46-39-32-23-18-15-16-20-27-34-41-54(3)4/h54-59,64H,8-53H2,1-7H3,(H,69,70)(H,71,72)/t56?,57-,58-,59-/m1/s1. The number of ether oxygens (including phenoxy) is 4. The number of phosphoric acid groups is 2. The van der Waals surface area contributed by atoms with Crippen LogP contribution in [0, 0.1) is 17.8 Å². The summed E-state index contributed by atoms with van der Waals surface area (Å²) in [6.45, 7) is 11.6. The molecule has 82 heavy (non-hydrogen) atoms. The van der Waals surface area contributed by atoms with Crippen LogP contribution in [0.5, 0.6) is 0 Å². The van der Waals surface area contributed by atoms with Crippen LogP contribution in [0.15, 0.2) is 0 Å². The average Bonchev–Trinajstić information content (AvgIpc) is 3.45. The number of aliphatic hydroxyl groups is 1. The molecule has 0 aliphatic heterocycles. The van der Waals surface area contributed by atoms with Crippen LogP contribution in [0.4, 0.5) is 0 Å². The zero-order valence-electron chi connectivity index (χ0n) is 52.9. The van der Waals surface area contributed by atoms with E-state index < -0.39 is 97.5 Å². The number of carbonyl (C=O) groups excluding carboxylic acids is 4. The fourth-order valence-corrected chi connectivity index (χ4v) is 10.9. The molecule has 0 radical (unpaired) electrons. The highest BCUT2D eigenvalue weighted by atomic mass is 31.2. The van der Waals surface area contributed by atoms with Crippen molar-refractivity contribution >= 4 is 39.5 Å². The second kappa shape index (κ2) is 54.5. The Kier molecular flexibility index (Phi) is 53.2. The van der Waals surface area contributed by atoms with E-state index in [1.54, 1.807) is 0 Å². The normalized spacial score (nSPS) is 14.7. The van der Waals surface area contributed by atoms with Gasteiger partial charge in [-0.05, 0) is 43.4 Å². The van der Waals surface area contributed by atoms with Gasteiger partial charge in [-0.15, -0.1) is 0 Å². The Morgan fingerprint density at radius 3 is 0.927 bits per heavy atom. The van der Waals surface area contributed by atoms with E-state index in [9.17, 15) is 43.2 Å². The fraction of sp³-hybridized carbons (Fsp3) is 0.937. The molecule has 0 saturated heterocycles. The van der Waals surface area contributed by atoms with Gasteiger partial charge in [0.05, 0.1) is 26.4 Å². The van der Waals surface area contributed by atoms with Gasteiger partial charge in [-0.3, -0.25) is 37.3 Å². The van der Waals surface area contributed by atoms with Crippen LogP contribution in [0.1, 0.15) is 305 Å². The van der Waals surface area contributed by atoms with Gasteiger partial charge in [-0.1, -0.05) is 254 Å². The minimum atomic E-state index is -4.94. The lowest BCUT2D eigenvalue weighted by atomic mass is 10.00. The van der Waals surface area contributed by atoms with Crippen molar-refractivity contribution in [2.45, 2.75) is 324 Å². The van der Waals surface area contributed by atoms with Gasteiger partial charge in [0.1, 0.15) is 19.3 Å². The number of phosphoric ester groups is 2. The number of carbonyl (C=O) groups is 4. The first-order valence-electron chi connectivity index (χ1n) is 32.9. The first kappa shape index (κ1) is 80.1. The predicted octanol–water partition coefficient (Wildman–Crippen LogP) is 17.1. The molecule has 3 unspecified atom stereocenters. The highest BCUT2D eigenvalue weighted by molar-refractivity contribution is 7.47. The molecule has 6 atom stereocenters. The first-order chi connectivity index (χ1) is 39.3. The van der Waals surface area contributed by atoms with Crippen molar-refractivity contribution in [3.05, 3.63) is 0 Å². The molecule has 0 heterocycles. The summed E-state index contributed by atoms with van der Waals surface area (Å²) in [7, 11) is -9.89. The minimum absolute atomic E-state index is 0.102. The number of esters is 4. The van der Waals surface area contributed by atoms with E-state index in [1.807, 2.05) is 0 Å². The summed E-state index contributed by atoms with van der Waals surface area (Å²) in [6, 6.07) is 0. The van der Waals surface area contributed by atoms with E-state index >= 15 is 0 Å². The molecule has 3 N–H and O–H groups in total. The van der Waals surface area contributed by atoms with Crippen LogP contribution in [-0.2, 0) is 65.4 Å². The maximum atomic E-state index is 13.0. The lowest BCUT2D eigenvalue weighted by Crippen LogP contribution is -2.30. The molecule has 0 amide bonds. The molecule has 0 fully saturated rings. The van der Waals surface area contributed by atoms with Gasteiger partial charge >= 0.3 is 39.5 Å². The van der Waals surface area contributed by atoms with Gasteiger partial charge < -0.3 is 33.8 Å². The molecule has 0 rings (SSSR count). The van der Waals surface area contributed by atoms with Gasteiger partial charge in [0.15, 0.2) is 12.2 Å². The average molecular weight is 1210 g/mol. The zero-order chi connectivity index (χ0) is 61.0. The Hall–Kier alpha value is -1.94. The molecule has 0 aliphatic rings. The molecule has 0 bridgehead atoms. The van der Waals surface area contributed by atoms with Crippen molar-refractivity contribution in [1.29, 1.82) is 0 Å². The second-order valence-corrected chi connectivity index (χ2v) is 26.9. The Balaban J connectivity index is 5.25. The van der Waals surface area contributed by atoms with E-state index in [1.165, 1.54) is 109 Å². The summed E-state index contributed by atoms with van der Waals surface area (Å²) < 4.78 is 67.9. The van der Waals surface area contributed by atoms with Crippen LogP contribution in [0.2, 0.25) is 0 Å². The van der Waals surface area contributed by atoms with Crippen LogP contribution < -0.4 is 0 Å². The van der Waals surface area contributed by atoms with Gasteiger partial charge in [0, 0.05) is 25.7 Å². The quantitative estimate of drug-likeness (QED) is 0.0222. The van der Waals surface area contributed by atoms with Crippen LogP contribution in [0.3, 0.4) is 0 Å². The highest BCUT2D eigenvalue weighted by Gasteiger charge is 2.30. The molecule has 17 nitrogen and oxygen atoms in total. The van der Waals surface area contributed by atoms with Crippen molar-refractivity contribution in [1.82, 2.24) is 0 Å². The third-order valence-corrected chi connectivity index (χ3v) is 16.6. The molecule has 0 aromatic rings. The topological polar surface area (TPSA) is 237 Å². The van der Waals surface area contributed by atoms with Crippen molar-refractivity contribution in [2.75, 3.05) is 39.6 Å². The number of rotatable bonds is 61. The van der Waals surface area contributed by atoms with Gasteiger partial charge in [-0.25, -0.2) is 9.13 Å². The number of unbranched alkanes of at least 4 members (excludes halogenated alkanes) is 28. The SMILES string of the molecule is CCCCCCCCCCCCC(=O)OC[C@H](COP(=O)(O)OC[C@H](O)COP(=O)(O)OC[C@@H](COC(=O)CCCCCCCCCC(C)C)OC(=O)CCCCCCCCCCCC(C)C)OC(=O)CCCCCCCCC(C)CC. The first-order valence-corrected chi connectivity index (χ1v) is 35.9. The summed E-state index contributed by atoms with van der Waals surface area (Å²) in [6.07, 6.45) is 34.9. The van der Waals surface area contributed by atoms with E-state index in [0.29, 0.717) is 31.6 Å². The Bertz CT molecular complexity index is 1630. The molecule has 0 aromatic heterocycles. The lowest BCUT2D eigenvalue weighted by Gasteiger charge is -2.21. The van der Waals surface area contributed by atoms with Crippen molar-refractivity contribution < 1.29 is 80.2 Å². The summed E-state index contributed by atoms with van der Waals surface area (Å²) in [5, 5.41) is 10.5. The van der Waals surface area contributed by atoms with E-state index in [0.717, 1.165) is 108 Å². The monoisotopic (exact) mass is 1210 g/mol. The summed E-state index contributed by atoms with van der Waals surface area (Å²) in [5.74, 6) is 0.0210. The molecule has 0 aliphatic carbocycles. The second-order valence-electron chi connectivity index (χ2n) is 24.0. The van der Waals surface area contributed by atoms with Crippen molar-refractivity contribution in [3.63, 3.8) is 0 Å². The van der Waals surface area contributed by atoms with Crippen molar-refractivity contribution in [3.8, 4) is 0 Å². The summed E-state index contributed by atoms with van der Waals surface area (Å²) >= 11 is 0. The van der Waals surface area contributed by atoms with Gasteiger partial charge in [0.2, 0.25) is 0 Å². The zero-order valence-corrected chi connectivity index (χ0v) is 54.7. The predicted molar refractivity (Wildman–Crippen MR) is 326 cm³/mol. The van der Waals surface area contributed by atoms with Crippen LogP contribution in [0.25, 0.3) is 0 Å². The van der Waals surface area contributed by atoms with E-state index in [4.69, 9.17) is 37.0 Å². The summed E-state index contributed by atoms with van der Waals surface area (Å²) in [5.41, 5.74) is 0. The molecule has 0 aromatic carbocycles. The fourth-order valence-electron chi connectivity index (χ4n) is 9.27. The molecule has 0 spiro atoms. The largest absolute Gasteiger partial charge is 0.472 e. The van der Waals surface area contributed by atoms with Crippen LogP contribution >= 0.6 is 15.6 Å². The van der Waals surface area contributed by atoms with E-state index in [-0.39, 0.29) is 25.7 Å². The highest BCUT2D eigenvalue weighted by Crippen LogP contribution is 2.45. The van der Waals surface area contributed by atoms with Gasteiger partial charge in [-0.2, -0.15) is 0 Å². The Morgan fingerprint density at radius 2 is 0.622 bits per heavy atom. The molecular weight excluding hydrogens is 1090 g/mol. The van der Waals surface area contributed by atoms with E-state index in [2.05, 4.69) is 48.5 Å². The Morgan fingerprint density at radius 1 is 0.354 bits per heavy atom. The number of hydrogen-bond donors (Lipinski definition) is 3. The maximum absolute atomic E-state index is 13.0. The van der Waals surface area contributed by atoms with Crippen molar-refractivity contribution in [2.24, 2.45) is 17.8 Å². The third-order valence-electron chi connectivity index (χ3n) is 14.7. The smallest absolute Gasteiger partial charge is 0.462 e. The molecule has 19 heteroatoms. The number of aliphatic hydroxyl groups excluding tert-OH is 1. The molecule has 486 valence electrons.